The highest BCUT2D eigenvalue weighted by atomic mass is 32.1. The van der Waals surface area contributed by atoms with Crippen molar-refractivity contribution in [1.29, 1.82) is 0 Å². The molecule has 0 spiro atoms. The van der Waals surface area contributed by atoms with E-state index in [4.69, 9.17) is 24.4 Å². The monoisotopic (exact) mass is 375 g/mol. The van der Waals surface area contributed by atoms with E-state index in [9.17, 15) is 10.1 Å². The van der Waals surface area contributed by atoms with Crippen molar-refractivity contribution >= 4 is 51.7 Å². The van der Waals surface area contributed by atoms with Crippen molar-refractivity contribution in [2.45, 2.75) is 13.8 Å². The van der Waals surface area contributed by atoms with Crippen LogP contribution < -0.4 is 21.5 Å². The van der Waals surface area contributed by atoms with Crippen LogP contribution in [-0.4, -0.2) is 15.1 Å². The van der Waals surface area contributed by atoms with Crippen LogP contribution in [0.25, 0.3) is 0 Å². The Hall–Kier alpha value is -2.78. The van der Waals surface area contributed by atoms with Crippen molar-refractivity contribution in [3.8, 4) is 0 Å². The first-order valence-electron chi connectivity index (χ1n) is 7.31. The standard InChI is InChI=1S/C16H17N5O2S2/c1-10-3-4-13(9-11(10)2)18-16(25)20-19-15(24)17-12-5-7-14(8-6-12)21(22)23/h3-9H,1-2H3,(H2,17,19,24)(H2,18,20,25). The fourth-order valence-electron chi connectivity index (χ4n) is 1.92. The van der Waals surface area contributed by atoms with E-state index >= 15 is 0 Å². The number of non-ortho nitro benzene ring substituents is 1. The molecule has 130 valence electrons. The van der Waals surface area contributed by atoms with Crippen LogP contribution in [0.3, 0.4) is 0 Å². The first kappa shape index (κ1) is 18.6. The van der Waals surface area contributed by atoms with Gasteiger partial charge in [0.2, 0.25) is 0 Å². The lowest BCUT2D eigenvalue weighted by atomic mass is 10.1. The summed E-state index contributed by atoms with van der Waals surface area (Å²) < 4.78 is 0. The quantitative estimate of drug-likeness (QED) is 0.369. The third-order valence-corrected chi connectivity index (χ3v) is 3.80. The largest absolute Gasteiger partial charge is 0.331 e. The second-order valence-corrected chi connectivity index (χ2v) is 6.08. The van der Waals surface area contributed by atoms with Gasteiger partial charge in [0.15, 0.2) is 10.2 Å². The molecule has 9 heteroatoms. The van der Waals surface area contributed by atoms with Gasteiger partial charge in [-0.1, -0.05) is 6.07 Å². The van der Waals surface area contributed by atoms with Crippen LogP contribution in [0, 0.1) is 24.0 Å². The second kappa shape index (κ2) is 8.36. The Morgan fingerprint density at radius 2 is 1.40 bits per heavy atom. The highest BCUT2D eigenvalue weighted by Gasteiger charge is 2.05. The summed E-state index contributed by atoms with van der Waals surface area (Å²) in [6, 6.07) is 11.9. The third kappa shape index (κ3) is 5.66. The number of thiocarbonyl (C=S) groups is 2. The van der Waals surface area contributed by atoms with Crippen molar-refractivity contribution in [2.24, 2.45) is 0 Å². The Morgan fingerprint density at radius 3 is 1.92 bits per heavy atom. The predicted molar refractivity (Wildman–Crippen MR) is 108 cm³/mol. The van der Waals surface area contributed by atoms with Crippen LogP contribution in [0.2, 0.25) is 0 Å². The molecular weight excluding hydrogens is 358 g/mol. The number of anilines is 2. The summed E-state index contributed by atoms with van der Waals surface area (Å²) in [6.07, 6.45) is 0. The summed E-state index contributed by atoms with van der Waals surface area (Å²) in [5, 5.41) is 17.2. The first-order valence-corrected chi connectivity index (χ1v) is 8.12. The number of hydrogen-bond donors (Lipinski definition) is 4. The molecule has 4 N–H and O–H groups in total. The fourth-order valence-corrected chi connectivity index (χ4v) is 2.26. The highest BCUT2D eigenvalue weighted by Crippen LogP contribution is 2.15. The van der Waals surface area contributed by atoms with Crippen LogP contribution in [0.1, 0.15) is 11.1 Å². The SMILES string of the molecule is Cc1ccc(NC(=S)NNC(=S)Nc2ccc([N+](=O)[O-])cc2)cc1C. The number of aryl methyl sites for hydroxylation is 2. The van der Waals surface area contributed by atoms with Gasteiger partial charge in [-0.15, -0.1) is 0 Å². The van der Waals surface area contributed by atoms with Gasteiger partial charge in [0.05, 0.1) is 4.92 Å². The molecule has 0 heterocycles. The minimum Gasteiger partial charge on any atom is -0.331 e. The Kier molecular flexibility index (Phi) is 6.20. The number of nitro groups is 1. The van der Waals surface area contributed by atoms with E-state index in [1.165, 1.54) is 17.7 Å². The molecule has 7 nitrogen and oxygen atoms in total. The van der Waals surface area contributed by atoms with Crippen LogP contribution in [0.15, 0.2) is 42.5 Å². The number of nitrogens with one attached hydrogen (secondary N) is 4. The lowest BCUT2D eigenvalue weighted by Gasteiger charge is -2.14. The van der Waals surface area contributed by atoms with Gasteiger partial charge in [-0.3, -0.25) is 21.0 Å². The number of hydrogen-bond acceptors (Lipinski definition) is 4. The average Bonchev–Trinajstić information content (AvgIpc) is 2.57. The molecule has 2 aromatic carbocycles. The molecule has 0 aromatic heterocycles. The summed E-state index contributed by atoms with van der Waals surface area (Å²) in [5.41, 5.74) is 9.40. The molecule has 0 bridgehead atoms. The number of nitro benzene ring substituents is 1. The van der Waals surface area contributed by atoms with Crippen molar-refractivity contribution < 1.29 is 4.92 Å². The Balaban J connectivity index is 1.81. The van der Waals surface area contributed by atoms with E-state index in [2.05, 4.69) is 21.5 Å². The van der Waals surface area contributed by atoms with E-state index < -0.39 is 4.92 Å². The lowest BCUT2D eigenvalue weighted by molar-refractivity contribution is -0.384. The molecule has 0 fully saturated rings. The molecule has 0 radical (unpaired) electrons. The van der Waals surface area contributed by atoms with Gasteiger partial charge in [-0.2, -0.15) is 0 Å². The van der Waals surface area contributed by atoms with Crippen molar-refractivity contribution in [1.82, 2.24) is 10.9 Å². The number of nitrogens with zero attached hydrogens (tertiary/aromatic N) is 1. The van der Waals surface area contributed by atoms with Gasteiger partial charge >= 0.3 is 0 Å². The Bertz CT molecular complexity index is 809. The van der Waals surface area contributed by atoms with Gasteiger partial charge in [0, 0.05) is 23.5 Å². The first-order chi connectivity index (χ1) is 11.8. The molecule has 0 aliphatic rings. The van der Waals surface area contributed by atoms with Gasteiger partial charge in [0.1, 0.15) is 0 Å². The zero-order chi connectivity index (χ0) is 18.4. The maximum atomic E-state index is 10.6. The fraction of sp³-hybridized carbons (Fsp3) is 0.125. The Morgan fingerprint density at radius 1 is 0.880 bits per heavy atom. The van der Waals surface area contributed by atoms with Crippen LogP contribution >= 0.6 is 24.4 Å². The lowest BCUT2D eigenvalue weighted by Crippen LogP contribution is -2.45. The molecule has 0 amide bonds. The average molecular weight is 375 g/mol. The molecular formula is C16H17N5O2S2. The zero-order valence-electron chi connectivity index (χ0n) is 13.6. The number of benzene rings is 2. The molecule has 0 saturated heterocycles. The molecule has 2 rings (SSSR count). The van der Waals surface area contributed by atoms with Crippen molar-refractivity contribution in [3.05, 3.63) is 63.7 Å². The number of hydrazine groups is 1. The van der Waals surface area contributed by atoms with Crippen LogP contribution in [0.5, 0.6) is 0 Å². The van der Waals surface area contributed by atoms with E-state index in [1.54, 1.807) is 12.1 Å². The highest BCUT2D eigenvalue weighted by molar-refractivity contribution is 7.81. The summed E-state index contributed by atoms with van der Waals surface area (Å²) >= 11 is 10.3. The normalized spacial score (nSPS) is 9.84. The minimum absolute atomic E-state index is 0.0151. The van der Waals surface area contributed by atoms with Gasteiger partial charge in [-0.05, 0) is 73.7 Å². The molecule has 0 saturated carbocycles. The second-order valence-electron chi connectivity index (χ2n) is 5.26. The zero-order valence-corrected chi connectivity index (χ0v) is 15.3. The van der Waals surface area contributed by atoms with Gasteiger partial charge in [0.25, 0.3) is 5.69 Å². The number of rotatable bonds is 3. The summed E-state index contributed by atoms with van der Waals surface area (Å²) in [7, 11) is 0. The molecule has 0 unspecified atom stereocenters. The smallest absolute Gasteiger partial charge is 0.269 e. The maximum absolute atomic E-state index is 10.6. The van der Waals surface area contributed by atoms with Gasteiger partial charge in [-0.25, -0.2) is 0 Å². The van der Waals surface area contributed by atoms with Crippen molar-refractivity contribution in [2.75, 3.05) is 10.6 Å². The predicted octanol–water partition coefficient (Wildman–Crippen LogP) is 3.40. The summed E-state index contributed by atoms with van der Waals surface area (Å²) in [4.78, 5) is 10.2. The van der Waals surface area contributed by atoms with E-state index in [1.807, 2.05) is 32.0 Å². The van der Waals surface area contributed by atoms with E-state index in [0.29, 0.717) is 10.8 Å². The summed E-state index contributed by atoms with van der Waals surface area (Å²) in [6.45, 7) is 4.07. The van der Waals surface area contributed by atoms with E-state index in [0.717, 1.165) is 11.3 Å². The molecule has 25 heavy (non-hydrogen) atoms. The Labute approximate surface area is 155 Å². The minimum atomic E-state index is -0.460. The van der Waals surface area contributed by atoms with Gasteiger partial charge < -0.3 is 10.6 Å². The van der Waals surface area contributed by atoms with Crippen LogP contribution in [0.4, 0.5) is 17.1 Å². The third-order valence-electron chi connectivity index (χ3n) is 3.39. The molecule has 0 aliphatic heterocycles. The van der Waals surface area contributed by atoms with Crippen LogP contribution in [-0.2, 0) is 0 Å². The molecule has 0 aliphatic carbocycles. The maximum Gasteiger partial charge on any atom is 0.269 e. The molecule has 0 atom stereocenters. The molecule has 2 aromatic rings. The van der Waals surface area contributed by atoms with E-state index in [-0.39, 0.29) is 10.8 Å². The topological polar surface area (TPSA) is 91.3 Å². The summed E-state index contributed by atoms with van der Waals surface area (Å²) in [5.74, 6) is 0. The van der Waals surface area contributed by atoms with Crippen molar-refractivity contribution in [3.63, 3.8) is 0 Å².